The summed E-state index contributed by atoms with van der Waals surface area (Å²) in [7, 11) is 0. The summed E-state index contributed by atoms with van der Waals surface area (Å²) in [6, 6.07) is -0.833. The summed E-state index contributed by atoms with van der Waals surface area (Å²) in [6.07, 6.45) is 0. The number of nitrogens with two attached hydrogens (primary N) is 2. The topological polar surface area (TPSA) is 69.1 Å². The van der Waals surface area contributed by atoms with Crippen molar-refractivity contribution >= 4 is 6.03 Å². The van der Waals surface area contributed by atoms with Gasteiger partial charge < -0.3 is 11.5 Å². The minimum Gasteiger partial charge on any atom is -0.352 e. The molecule has 0 radical (unpaired) electrons. The average Bonchev–Trinajstić information content (AvgIpc) is 0.811. The van der Waals surface area contributed by atoms with Gasteiger partial charge in [-0.3, -0.25) is 0 Å². The molecular weight excluding hydrogens is 112 g/mol. The third-order valence-corrected chi connectivity index (χ3v) is 0. The van der Waals surface area contributed by atoms with Crippen LogP contribution in [-0.4, -0.2) is 6.03 Å². The molecule has 0 aliphatic rings. The van der Waals surface area contributed by atoms with Crippen molar-refractivity contribution in [3.8, 4) is 0 Å². The van der Waals surface area contributed by atoms with Crippen LogP contribution in [0.25, 0.3) is 0 Å². The summed E-state index contributed by atoms with van der Waals surface area (Å²) in [5, 5.41) is 0. The van der Waals surface area contributed by atoms with E-state index >= 15 is 0 Å². The van der Waals surface area contributed by atoms with Gasteiger partial charge in [-0.25, -0.2) is 4.79 Å². The number of primary amides is 2. The van der Waals surface area contributed by atoms with Crippen LogP contribution in [0.15, 0.2) is 0 Å². The molecule has 0 saturated carbocycles. The maximum atomic E-state index is 9.00. The maximum Gasteiger partial charge on any atom is 0.309 e. The second-order valence-electron chi connectivity index (χ2n) is 0.402. The minimum atomic E-state index is -0.833. The molecule has 4 heteroatoms. The summed E-state index contributed by atoms with van der Waals surface area (Å²) in [6.45, 7) is 0. The predicted molar refractivity (Wildman–Crippen MR) is 13.8 cm³/mol. The number of carbonyl (C=O) groups excluding carboxylic acids is 1. The fraction of sp³-hybridized carbons (Fsp3) is 0. The molecule has 0 aliphatic heterocycles. The van der Waals surface area contributed by atoms with Gasteiger partial charge in [-0.2, -0.15) is 0 Å². The fourth-order valence-corrected chi connectivity index (χ4v) is 0. The third kappa shape index (κ3) is 274. The van der Waals surface area contributed by atoms with Crippen molar-refractivity contribution in [3.05, 3.63) is 0 Å². The van der Waals surface area contributed by atoms with Gasteiger partial charge in [0.15, 0.2) is 0 Å². The van der Waals surface area contributed by atoms with E-state index in [9.17, 15) is 0 Å². The van der Waals surface area contributed by atoms with Gasteiger partial charge in [-0.1, -0.05) is 0 Å². The molecule has 2 amide bonds. The number of rotatable bonds is 0. The molecule has 0 aliphatic carbocycles. The smallest absolute Gasteiger partial charge is 0.309 e. The first kappa shape index (κ1) is 8.84. The van der Waals surface area contributed by atoms with Crippen molar-refractivity contribution in [1.29, 1.82) is 0 Å². The quantitative estimate of drug-likeness (QED) is 0.392. The average molecular weight is 116 g/mol. The number of amides is 2. The molecule has 0 rings (SSSR count). The zero-order valence-electron chi connectivity index (χ0n) is 2.42. The van der Waals surface area contributed by atoms with Gasteiger partial charge in [0.2, 0.25) is 0 Å². The Labute approximate surface area is 40.2 Å². The predicted octanol–water partition coefficient (Wildman–Crippen LogP) is -0.979. The molecule has 0 aromatic heterocycles. The van der Waals surface area contributed by atoms with Crippen LogP contribution in [0.1, 0.15) is 0 Å². The van der Waals surface area contributed by atoms with E-state index in [2.05, 4.69) is 11.5 Å². The number of carbonyl (C=O) groups is 1. The van der Waals surface area contributed by atoms with E-state index in [1.165, 1.54) is 0 Å². The van der Waals surface area contributed by atoms with Crippen LogP contribution in [0.2, 0.25) is 0 Å². The standard InChI is InChI=1S/CH4N2O.Fe/c2-1(3)4;/h(H4,2,3,4);. The minimum absolute atomic E-state index is 0. The second-order valence-corrected chi connectivity index (χ2v) is 0.402. The SMILES string of the molecule is NC(N)=O.[Fe]. The van der Waals surface area contributed by atoms with Crippen molar-refractivity contribution in [2.45, 2.75) is 0 Å². The largest absolute Gasteiger partial charge is 0.352 e. The van der Waals surface area contributed by atoms with Gasteiger partial charge in [0.25, 0.3) is 0 Å². The normalized spacial score (nSPS) is 4.80. The Balaban J connectivity index is 0. The molecule has 0 fully saturated rings. The molecule has 4 N–H and O–H groups in total. The zero-order valence-corrected chi connectivity index (χ0v) is 3.52. The molecule has 0 aromatic rings. The van der Waals surface area contributed by atoms with Crippen LogP contribution < -0.4 is 11.5 Å². The van der Waals surface area contributed by atoms with E-state index < -0.39 is 6.03 Å². The molecule has 0 atom stereocenters. The molecule has 0 unspecified atom stereocenters. The van der Waals surface area contributed by atoms with Crippen molar-refractivity contribution in [2.24, 2.45) is 11.5 Å². The van der Waals surface area contributed by atoms with E-state index in [0.717, 1.165) is 0 Å². The molecule has 0 aromatic carbocycles. The molecule has 5 heavy (non-hydrogen) atoms. The van der Waals surface area contributed by atoms with E-state index in [1.54, 1.807) is 0 Å². The maximum absolute atomic E-state index is 9.00. The van der Waals surface area contributed by atoms with Crippen LogP contribution in [0.5, 0.6) is 0 Å². The van der Waals surface area contributed by atoms with Crippen molar-refractivity contribution in [1.82, 2.24) is 0 Å². The first-order chi connectivity index (χ1) is 1.73. The van der Waals surface area contributed by atoms with E-state index in [0.29, 0.717) is 0 Å². The van der Waals surface area contributed by atoms with Gasteiger partial charge >= 0.3 is 6.03 Å². The molecule has 0 saturated heterocycles. The summed E-state index contributed by atoms with van der Waals surface area (Å²) in [5.74, 6) is 0. The number of hydrogen-bond acceptors (Lipinski definition) is 1. The Kier molecular flexibility index (Phi) is 6.70. The third-order valence-electron chi connectivity index (χ3n) is 0. The van der Waals surface area contributed by atoms with Crippen LogP contribution in [0.3, 0.4) is 0 Å². The van der Waals surface area contributed by atoms with E-state index in [4.69, 9.17) is 4.79 Å². The molecular formula is CH4FeN2O. The van der Waals surface area contributed by atoms with Gasteiger partial charge in [0, 0.05) is 17.1 Å². The first-order valence-electron chi connectivity index (χ1n) is 0.781. The Morgan fingerprint density at radius 3 is 1.40 bits per heavy atom. The molecule has 0 heterocycles. The Hall–Kier alpha value is -0.211. The molecule has 32 valence electrons. The zero-order chi connectivity index (χ0) is 3.58. The molecule has 0 bridgehead atoms. The summed E-state index contributed by atoms with van der Waals surface area (Å²) in [5.41, 5.74) is 8.50. The summed E-state index contributed by atoms with van der Waals surface area (Å²) in [4.78, 5) is 9.00. The van der Waals surface area contributed by atoms with Gasteiger partial charge in [-0.05, 0) is 0 Å². The van der Waals surface area contributed by atoms with Crippen molar-refractivity contribution < 1.29 is 21.9 Å². The Morgan fingerprint density at radius 1 is 1.40 bits per heavy atom. The van der Waals surface area contributed by atoms with Crippen molar-refractivity contribution in [3.63, 3.8) is 0 Å². The van der Waals surface area contributed by atoms with Crippen LogP contribution in [0, 0.1) is 0 Å². The van der Waals surface area contributed by atoms with Crippen molar-refractivity contribution in [2.75, 3.05) is 0 Å². The van der Waals surface area contributed by atoms with Gasteiger partial charge in [0.05, 0.1) is 0 Å². The van der Waals surface area contributed by atoms with Crippen LogP contribution in [-0.2, 0) is 17.1 Å². The molecule has 0 spiro atoms. The Bertz CT molecular complexity index is 32.6. The Morgan fingerprint density at radius 2 is 1.40 bits per heavy atom. The number of urea groups is 1. The number of hydrogen-bond donors (Lipinski definition) is 2. The molecule has 3 nitrogen and oxygen atoms in total. The monoisotopic (exact) mass is 116 g/mol. The summed E-state index contributed by atoms with van der Waals surface area (Å²) < 4.78 is 0. The fourth-order valence-electron chi connectivity index (χ4n) is 0. The van der Waals surface area contributed by atoms with E-state index in [1.807, 2.05) is 0 Å². The first-order valence-corrected chi connectivity index (χ1v) is 0.781. The van der Waals surface area contributed by atoms with Gasteiger partial charge in [0.1, 0.15) is 0 Å². The second kappa shape index (κ2) is 3.79. The van der Waals surface area contributed by atoms with Crippen LogP contribution >= 0.6 is 0 Å². The summed E-state index contributed by atoms with van der Waals surface area (Å²) >= 11 is 0. The van der Waals surface area contributed by atoms with Crippen LogP contribution in [0.4, 0.5) is 4.79 Å². The van der Waals surface area contributed by atoms with E-state index in [-0.39, 0.29) is 17.1 Å². The van der Waals surface area contributed by atoms with Gasteiger partial charge in [-0.15, -0.1) is 0 Å².